The van der Waals surface area contributed by atoms with Gasteiger partial charge in [0.1, 0.15) is 5.76 Å². The molecule has 1 aromatic carbocycles. The van der Waals surface area contributed by atoms with E-state index in [-0.39, 0.29) is 0 Å². The second-order valence-corrected chi connectivity index (χ2v) is 3.83. The summed E-state index contributed by atoms with van der Waals surface area (Å²) in [7, 11) is 0. The molecule has 0 radical (unpaired) electrons. The SMILES string of the molecule is CCC(NCc1ccco1)c1ccccc1. The normalized spacial score (nSPS) is 12.6. The predicted octanol–water partition coefficient (Wildman–Crippen LogP) is 3.52. The van der Waals surface area contributed by atoms with Crippen LogP contribution < -0.4 is 5.32 Å². The molecular weight excluding hydrogens is 198 g/mol. The lowest BCUT2D eigenvalue weighted by Gasteiger charge is -2.16. The Balaban J connectivity index is 1.96. The van der Waals surface area contributed by atoms with Crippen LogP contribution in [0, 0.1) is 0 Å². The fourth-order valence-electron chi connectivity index (χ4n) is 1.82. The van der Waals surface area contributed by atoms with Crippen molar-refractivity contribution >= 4 is 0 Å². The standard InChI is InChI=1S/C14H17NO/c1-2-14(12-7-4-3-5-8-12)15-11-13-9-6-10-16-13/h3-10,14-15H,2,11H2,1H3. The summed E-state index contributed by atoms with van der Waals surface area (Å²) < 4.78 is 5.30. The van der Waals surface area contributed by atoms with Crippen molar-refractivity contribution in [1.82, 2.24) is 5.32 Å². The third-order valence-corrected chi connectivity index (χ3v) is 2.71. The van der Waals surface area contributed by atoms with Crippen molar-refractivity contribution in [3.63, 3.8) is 0 Å². The van der Waals surface area contributed by atoms with E-state index in [0.29, 0.717) is 6.04 Å². The van der Waals surface area contributed by atoms with Gasteiger partial charge in [-0.05, 0) is 24.1 Å². The molecule has 0 amide bonds. The molecule has 84 valence electrons. The highest BCUT2D eigenvalue weighted by atomic mass is 16.3. The molecule has 2 aromatic rings. The van der Waals surface area contributed by atoms with Crippen molar-refractivity contribution in [3.8, 4) is 0 Å². The topological polar surface area (TPSA) is 25.2 Å². The number of benzene rings is 1. The first-order valence-electron chi connectivity index (χ1n) is 5.71. The minimum Gasteiger partial charge on any atom is -0.468 e. The Morgan fingerprint density at radius 3 is 2.56 bits per heavy atom. The summed E-state index contributed by atoms with van der Waals surface area (Å²) in [4.78, 5) is 0. The first-order valence-corrected chi connectivity index (χ1v) is 5.71. The lowest BCUT2D eigenvalue weighted by atomic mass is 10.0. The fraction of sp³-hybridized carbons (Fsp3) is 0.286. The van der Waals surface area contributed by atoms with E-state index in [2.05, 4.69) is 36.5 Å². The smallest absolute Gasteiger partial charge is 0.117 e. The molecule has 1 heterocycles. The van der Waals surface area contributed by atoms with Crippen LogP contribution in [0.2, 0.25) is 0 Å². The molecule has 0 saturated heterocycles. The fourth-order valence-corrected chi connectivity index (χ4v) is 1.82. The Morgan fingerprint density at radius 1 is 1.12 bits per heavy atom. The zero-order valence-electron chi connectivity index (χ0n) is 9.52. The molecule has 1 N–H and O–H groups in total. The molecule has 0 bridgehead atoms. The van der Waals surface area contributed by atoms with Crippen LogP contribution >= 0.6 is 0 Å². The number of rotatable bonds is 5. The van der Waals surface area contributed by atoms with Crippen LogP contribution in [-0.2, 0) is 6.54 Å². The second kappa shape index (κ2) is 5.52. The Hall–Kier alpha value is -1.54. The molecule has 0 aliphatic carbocycles. The molecule has 2 rings (SSSR count). The summed E-state index contributed by atoms with van der Waals surface area (Å²) in [5.74, 6) is 0.981. The van der Waals surface area contributed by atoms with Crippen LogP contribution in [0.15, 0.2) is 53.1 Å². The van der Waals surface area contributed by atoms with Crippen molar-refractivity contribution in [2.75, 3.05) is 0 Å². The van der Waals surface area contributed by atoms with Gasteiger partial charge in [0, 0.05) is 6.04 Å². The van der Waals surface area contributed by atoms with E-state index < -0.39 is 0 Å². The monoisotopic (exact) mass is 215 g/mol. The Morgan fingerprint density at radius 2 is 1.94 bits per heavy atom. The van der Waals surface area contributed by atoms with Gasteiger partial charge in [-0.25, -0.2) is 0 Å². The molecule has 1 aromatic heterocycles. The second-order valence-electron chi connectivity index (χ2n) is 3.83. The highest BCUT2D eigenvalue weighted by Gasteiger charge is 2.08. The molecule has 16 heavy (non-hydrogen) atoms. The summed E-state index contributed by atoms with van der Waals surface area (Å²) in [5, 5.41) is 3.49. The van der Waals surface area contributed by atoms with Gasteiger partial charge in [-0.15, -0.1) is 0 Å². The largest absolute Gasteiger partial charge is 0.468 e. The maximum Gasteiger partial charge on any atom is 0.117 e. The zero-order valence-corrected chi connectivity index (χ0v) is 9.52. The van der Waals surface area contributed by atoms with Gasteiger partial charge in [-0.2, -0.15) is 0 Å². The van der Waals surface area contributed by atoms with Gasteiger partial charge in [0.25, 0.3) is 0 Å². The summed E-state index contributed by atoms with van der Waals surface area (Å²) in [6.07, 6.45) is 2.78. The van der Waals surface area contributed by atoms with Gasteiger partial charge < -0.3 is 9.73 Å². The summed E-state index contributed by atoms with van der Waals surface area (Å²) in [6.45, 7) is 2.97. The average Bonchev–Trinajstić information content (AvgIpc) is 2.84. The van der Waals surface area contributed by atoms with E-state index in [1.165, 1.54) is 5.56 Å². The maximum absolute atomic E-state index is 5.30. The van der Waals surface area contributed by atoms with E-state index in [1.54, 1.807) is 6.26 Å². The minimum atomic E-state index is 0.395. The van der Waals surface area contributed by atoms with Crippen molar-refractivity contribution in [1.29, 1.82) is 0 Å². The number of hydrogen-bond acceptors (Lipinski definition) is 2. The molecule has 1 atom stereocenters. The summed E-state index contributed by atoms with van der Waals surface area (Å²) >= 11 is 0. The molecule has 0 aliphatic rings. The maximum atomic E-state index is 5.30. The van der Waals surface area contributed by atoms with E-state index in [1.807, 2.05) is 18.2 Å². The van der Waals surface area contributed by atoms with Gasteiger partial charge >= 0.3 is 0 Å². The Kier molecular flexibility index (Phi) is 3.78. The van der Waals surface area contributed by atoms with Crippen LogP contribution in [0.25, 0.3) is 0 Å². The summed E-state index contributed by atoms with van der Waals surface area (Å²) in [5.41, 5.74) is 1.33. The molecule has 0 saturated carbocycles. The molecule has 0 spiro atoms. The predicted molar refractivity (Wildman–Crippen MR) is 65.0 cm³/mol. The van der Waals surface area contributed by atoms with Gasteiger partial charge in [-0.3, -0.25) is 0 Å². The highest BCUT2D eigenvalue weighted by Crippen LogP contribution is 2.16. The van der Waals surface area contributed by atoms with E-state index in [9.17, 15) is 0 Å². The van der Waals surface area contributed by atoms with Crippen molar-refractivity contribution in [2.24, 2.45) is 0 Å². The highest BCUT2D eigenvalue weighted by molar-refractivity contribution is 5.18. The van der Waals surface area contributed by atoms with Crippen LogP contribution in [0.5, 0.6) is 0 Å². The van der Waals surface area contributed by atoms with Gasteiger partial charge in [0.2, 0.25) is 0 Å². The third kappa shape index (κ3) is 2.74. The van der Waals surface area contributed by atoms with Crippen LogP contribution in [0.4, 0.5) is 0 Å². The Bertz CT molecular complexity index is 394. The molecule has 0 aliphatic heterocycles. The quantitative estimate of drug-likeness (QED) is 0.825. The van der Waals surface area contributed by atoms with Gasteiger partial charge in [0.05, 0.1) is 12.8 Å². The van der Waals surface area contributed by atoms with Crippen molar-refractivity contribution in [2.45, 2.75) is 25.9 Å². The number of nitrogens with one attached hydrogen (secondary N) is 1. The van der Waals surface area contributed by atoms with Crippen LogP contribution in [-0.4, -0.2) is 0 Å². The summed E-state index contributed by atoms with van der Waals surface area (Å²) in [6, 6.07) is 14.8. The first kappa shape index (κ1) is 11.0. The molecule has 2 heteroatoms. The lowest BCUT2D eigenvalue weighted by molar-refractivity contribution is 0.443. The minimum absolute atomic E-state index is 0.395. The Labute approximate surface area is 96.3 Å². The van der Waals surface area contributed by atoms with Gasteiger partial charge in [0.15, 0.2) is 0 Å². The molecule has 1 unspecified atom stereocenters. The first-order chi connectivity index (χ1) is 7.90. The molecule has 2 nitrogen and oxygen atoms in total. The van der Waals surface area contributed by atoms with Crippen LogP contribution in [0.3, 0.4) is 0 Å². The molecular formula is C14H17NO. The van der Waals surface area contributed by atoms with E-state index in [0.717, 1.165) is 18.7 Å². The zero-order chi connectivity index (χ0) is 11.2. The van der Waals surface area contributed by atoms with Crippen molar-refractivity contribution < 1.29 is 4.42 Å². The number of hydrogen-bond donors (Lipinski definition) is 1. The van der Waals surface area contributed by atoms with Crippen molar-refractivity contribution in [3.05, 3.63) is 60.1 Å². The lowest BCUT2D eigenvalue weighted by Crippen LogP contribution is -2.19. The average molecular weight is 215 g/mol. The number of furan rings is 1. The van der Waals surface area contributed by atoms with E-state index in [4.69, 9.17) is 4.42 Å². The van der Waals surface area contributed by atoms with Gasteiger partial charge in [-0.1, -0.05) is 37.3 Å². The third-order valence-electron chi connectivity index (χ3n) is 2.71. The molecule has 0 fully saturated rings. The van der Waals surface area contributed by atoms with Crippen LogP contribution in [0.1, 0.15) is 30.7 Å². The van der Waals surface area contributed by atoms with E-state index >= 15 is 0 Å².